The Balaban J connectivity index is 1.51. The van der Waals surface area contributed by atoms with E-state index in [1.54, 1.807) is 15.4 Å². The molecule has 0 bridgehead atoms. The highest BCUT2D eigenvalue weighted by atomic mass is 19.1. The number of nitrogens with two attached hydrogens (primary N) is 1. The van der Waals surface area contributed by atoms with Gasteiger partial charge in [0.05, 0.1) is 35.6 Å². The molecule has 0 amide bonds. The summed E-state index contributed by atoms with van der Waals surface area (Å²) in [5, 5.41) is 32.0. The Bertz CT molecular complexity index is 1390. The molecule has 9 heteroatoms. The lowest BCUT2D eigenvalue weighted by Gasteiger charge is -2.26. The lowest BCUT2D eigenvalue weighted by atomic mass is 9.86. The maximum atomic E-state index is 14.5. The van der Waals surface area contributed by atoms with Gasteiger partial charge in [-0.2, -0.15) is 10.4 Å². The van der Waals surface area contributed by atoms with Crippen LogP contribution in [0.1, 0.15) is 31.2 Å². The van der Waals surface area contributed by atoms with Gasteiger partial charge in [-0.3, -0.25) is 4.68 Å². The number of hydrogen-bond donors (Lipinski definition) is 3. The molecule has 2 atom stereocenters. The quantitative estimate of drug-likeness (QED) is 0.376. The molecule has 8 nitrogen and oxygen atoms in total. The van der Waals surface area contributed by atoms with Crippen LogP contribution in [0.15, 0.2) is 48.7 Å². The lowest BCUT2D eigenvalue weighted by molar-refractivity contribution is 0.270. The first-order valence-corrected chi connectivity index (χ1v) is 11.9. The van der Waals surface area contributed by atoms with Crippen LogP contribution in [0.3, 0.4) is 0 Å². The average Bonchev–Trinajstić information content (AvgIpc) is 3.46. The standard InChI is InChI=1S/C26H28FN7O/c27-23-12-18(4-5-19(23)14-28)25-13-26(30-15-17-2-1-3-21(29)10-17)32-34(25)22-6-7-24-20(11-22)16-33(31-24)8-9-35/h4-7,11-13,16-17,21,35H,1-3,8-10,15,29H2,(H,30,32)/t17?,21-/m1/s1. The van der Waals surface area contributed by atoms with Crippen LogP contribution in [-0.4, -0.2) is 43.9 Å². The van der Waals surface area contributed by atoms with E-state index in [9.17, 15) is 9.50 Å². The van der Waals surface area contributed by atoms with Crippen molar-refractivity contribution in [3.05, 3.63) is 60.0 Å². The van der Waals surface area contributed by atoms with E-state index in [0.29, 0.717) is 29.5 Å². The molecule has 1 aliphatic rings. The zero-order valence-electron chi connectivity index (χ0n) is 19.4. The van der Waals surface area contributed by atoms with Gasteiger partial charge in [-0.25, -0.2) is 9.07 Å². The predicted molar refractivity (Wildman–Crippen MR) is 132 cm³/mol. The third-order valence-electron chi connectivity index (χ3n) is 6.60. The van der Waals surface area contributed by atoms with Crippen LogP contribution >= 0.6 is 0 Å². The summed E-state index contributed by atoms with van der Waals surface area (Å²) in [6, 6.07) is 14.4. The summed E-state index contributed by atoms with van der Waals surface area (Å²) in [4.78, 5) is 0. The highest BCUT2D eigenvalue weighted by Gasteiger charge is 2.20. The number of rotatable bonds is 7. The van der Waals surface area contributed by atoms with Gasteiger partial charge in [0.2, 0.25) is 0 Å². The molecule has 4 aromatic rings. The summed E-state index contributed by atoms with van der Waals surface area (Å²) in [5.74, 6) is 0.623. The van der Waals surface area contributed by atoms with Gasteiger partial charge >= 0.3 is 0 Å². The van der Waals surface area contributed by atoms with Crippen molar-refractivity contribution in [1.82, 2.24) is 19.6 Å². The number of aromatic nitrogens is 4. The fourth-order valence-electron chi connectivity index (χ4n) is 4.81. The second-order valence-electron chi connectivity index (χ2n) is 9.17. The SMILES string of the molecule is N#Cc1ccc(-c2cc(NCC3CCC[C@@H](N)C3)nn2-c2ccc3nn(CCO)cc3c2)cc1F. The molecule has 4 N–H and O–H groups in total. The molecule has 0 radical (unpaired) electrons. The van der Waals surface area contributed by atoms with Crippen molar-refractivity contribution >= 4 is 16.7 Å². The Morgan fingerprint density at radius 1 is 1.17 bits per heavy atom. The Hall–Kier alpha value is -3.74. The minimum absolute atomic E-state index is 0.00418. The number of benzene rings is 2. The maximum absolute atomic E-state index is 14.5. The molecule has 0 aliphatic heterocycles. The van der Waals surface area contributed by atoms with Gasteiger partial charge < -0.3 is 16.2 Å². The Morgan fingerprint density at radius 2 is 2.06 bits per heavy atom. The molecule has 1 unspecified atom stereocenters. The van der Waals surface area contributed by atoms with Crippen LogP contribution in [0.5, 0.6) is 0 Å². The largest absolute Gasteiger partial charge is 0.394 e. The number of fused-ring (bicyclic) bond motifs is 1. The van der Waals surface area contributed by atoms with Gasteiger partial charge in [0.15, 0.2) is 0 Å². The van der Waals surface area contributed by atoms with Crippen molar-refractivity contribution in [2.75, 3.05) is 18.5 Å². The van der Waals surface area contributed by atoms with E-state index in [1.165, 1.54) is 12.1 Å². The minimum atomic E-state index is -0.566. The monoisotopic (exact) mass is 473 g/mol. The molecule has 5 rings (SSSR count). The molecular formula is C26H28FN7O. The van der Waals surface area contributed by atoms with Crippen molar-refractivity contribution in [3.63, 3.8) is 0 Å². The zero-order valence-corrected chi connectivity index (χ0v) is 19.4. The molecule has 2 aromatic heterocycles. The van der Waals surface area contributed by atoms with Crippen LogP contribution < -0.4 is 11.1 Å². The fourth-order valence-corrected chi connectivity index (χ4v) is 4.81. The van der Waals surface area contributed by atoms with E-state index >= 15 is 0 Å². The van der Waals surface area contributed by atoms with E-state index < -0.39 is 5.82 Å². The molecule has 2 aromatic carbocycles. The average molecular weight is 474 g/mol. The number of nitrogens with one attached hydrogen (secondary N) is 1. The van der Waals surface area contributed by atoms with Crippen molar-refractivity contribution in [1.29, 1.82) is 5.26 Å². The number of nitrogens with zero attached hydrogens (tertiary/aromatic N) is 5. The second-order valence-corrected chi connectivity index (χ2v) is 9.17. The maximum Gasteiger partial charge on any atom is 0.149 e. The summed E-state index contributed by atoms with van der Waals surface area (Å²) in [6.07, 6.45) is 6.24. The molecule has 0 spiro atoms. The van der Waals surface area contributed by atoms with Crippen LogP contribution in [0, 0.1) is 23.1 Å². The lowest BCUT2D eigenvalue weighted by Crippen LogP contribution is -2.31. The Kier molecular flexibility index (Phi) is 6.49. The van der Waals surface area contributed by atoms with Gasteiger partial charge in [-0.1, -0.05) is 12.5 Å². The van der Waals surface area contributed by atoms with E-state index in [0.717, 1.165) is 48.8 Å². The van der Waals surface area contributed by atoms with Crippen LogP contribution in [-0.2, 0) is 6.54 Å². The molecular weight excluding hydrogens is 445 g/mol. The van der Waals surface area contributed by atoms with E-state index in [2.05, 4.69) is 10.4 Å². The molecule has 0 saturated heterocycles. The highest BCUT2D eigenvalue weighted by Crippen LogP contribution is 2.30. The van der Waals surface area contributed by atoms with Crippen LogP contribution in [0.2, 0.25) is 0 Å². The van der Waals surface area contributed by atoms with Crippen LogP contribution in [0.25, 0.3) is 27.8 Å². The summed E-state index contributed by atoms with van der Waals surface area (Å²) in [7, 11) is 0. The number of aliphatic hydroxyl groups excluding tert-OH is 1. The van der Waals surface area contributed by atoms with Crippen molar-refractivity contribution < 1.29 is 9.50 Å². The minimum Gasteiger partial charge on any atom is -0.394 e. The predicted octanol–water partition coefficient (Wildman–Crippen LogP) is 3.82. The number of hydrogen-bond acceptors (Lipinski definition) is 6. The van der Waals surface area contributed by atoms with Gasteiger partial charge in [0.1, 0.15) is 17.7 Å². The van der Waals surface area contributed by atoms with Gasteiger partial charge in [-0.05, 0) is 55.5 Å². The van der Waals surface area contributed by atoms with Crippen molar-refractivity contribution in [2.45, 2.75) is 38.3 Å². The second kappa shape index (κ2) is 9.86. The molecule has 1 saturated carbocycles. The van der Waals surface area contributed by atoms with Gasteiger partial charge in [0, 0.05) is 35.8 Å². The highest BCUT2D eigenvalue weighted by molar-refractivity contribution is 5.81. The molecule has 180 valence electrons. The van der Waals surface area contributed by atoms with Gasteiger partial charge in [0.25, 0.3) is 0 Å². The smallest absolute Gasteiger partial charge is 0.149 e. The number of halogens is 1. The topological polar surface area (TPSA) is 118 Å². The van der Waals surface area contributed by atoms with Crippen molar-refractivity contribution in [2.24, 2.45) is 11.7 Å². The summed E-state index contributed by atoms with van der Waals surface area (Å²) >= 11 is 0. The fraction of sp³-hybridized carbons (Fsp3) is 0.346. The van der Waals surface area contributed by atoms with Gasteiger partial charge in [-0.15, -0.1) is 5.10 Å². The molecule has 35 heavy (non-hydrogen) atoms. The molecule has 1 fully saturated rings. The third-order valence-corrected chi connectivity index (χ3v) is 6.60. The Labute approximate surface area is 202 Å². The number of nitriles is 1. The van der Waals surface area contributed by atoms with E-state index in [1.807, 2.05) is 36.5 Å². The third kappa shape index (κ3) is 4.90. The molecule has 1 aliphatic carbocycles. The van der Waals surface area contributed by atoms with E-state index in [4.69, 9.17) is 16.1 Å². The van der Waals surface area contributed by atoms with E-state index in [-0.39, 0.29) is 18.2 Å². The normalized spacial score (nSPS) is 18.0. The summed E-state index contributed by atoms with van der Waals surface area (Å²) < 4.78 is 18.0. The van der Waals surface area contributed by atoms with Crippen LogP contribution in [0.4, 0.5) is 10.2 Å². The zero-order chi connectivity index (χ0) is 24.4. The first-order valence-electron chi connectivity index (χ1n) is 11.9. The summed E-state index contributed by atoms with van der Waals surface area (Å²) in [5.41, 5.74) is 9.10. The Morgan fingerprint density at radius 3 is 2.83 bits per heavy atom. The first kappa shape index (κ1) is 23.0. The summed E-state index contributed by atoms with van der Waals surface area (Å²) in [6.45, 7) is 1.20. The number of aliphatic hydroxyl groups is 1. The first-order chi connectivity index (χ1) is 17.0. The van der Waals surface area contributed by atoms with Crippen molar-refractivity contribution in [3.8, 4) is 23.0 Å². The number of anilines is 1. The molecule has 2 heterocycles.